The number of nitrogens with one attached hydrogen (secondary N) is 1. The Hall–Kier alpha value is -1.30. The number of anilines is 2. The summed E-state index contributed by atoms with van der Waals surface area (Å²) in [5.41, 5.74) is 1.61. The number of aromatic nitrogens is 1. The number of amides is 1. The second-order valence-corrected chi connectivity index (χ2v) is 6.04. The van der Waals surface area contributed by atoms with Gasteiger partial charge in [0.2, 0.25) is 5.91 Å². The van der Waals surface area contributed by atoms with E-state index in [0.717, 1.165) is 11.4 Å². The van der Waals surface area contributed by atoms with Crippen molar-refractivity contribution in [2.24, 2.45) is 0 Å². The Balaban J connectivity index is 2.06. The van der Waals surface area contributed by atoms with E-state index in [1.807, 2.05) is 12.3 Å². The van der Waals surface area contributed by atoms with E-state index in [0.29, 0.717) is 28.3 Å². The van der Waals surface area contributed by atoms with E-state index in [1.165, 1.54) is 18.3 Å². The minimum absolute atomic E-state index is 0.00996. The Kier molecular flexibility index (Phi) is 5.45. The summed E-state index contributed by atoms with van der Waals surface area (Å²) < 4.78 is 0. The Labute approximate surface area is 137 Å². The third-order valence-corrected chi connectivity index (χ3v) is 4.33. The van der Waals surface area contributed by atoms with Crippen LogP contribution >= 0.6 is 34.5 Å². The van der Waals surface area contributed by atoms with Crippen molar-refractivity contribution in [2.45, 2.75) is 20.4 Å². The molecule has 0 aliphatic rings. The smallest absolute Gasteiger partial charge is 0.225 e. The molecule has 0 fully saturated rings. The number of nitrogens with zero attached hydrogens (tertiary/aromatic N) is 2. The molecule has 1 amide bonds. The minimum atomic E-state index is -0.00996. The highest BCUT2D eigenvalue weighted by Crippen LogP contribution is 2.26. The largest absolute Gasteiger partial charge is 0.378 e. The average Bonchev–Trinajstić information content (AvgIpc) is 2.89. The highest BCUT2D eigenvalue weighted by atomic mass is 35.5. The molecule has 1 heterocycles. The van der Waals surface area contributed by atoms with Crippen molar-refractivity contribution in [3.63, 3.8) is 0 Å². The molecule has 1 N–H and O–H groups in total. The second kappa shape index (κ2) is 7.11. The highest BCUT2D eigenvalue weighted by Gasteiger charge is 2.13. The summed E-state index contributed by atoms with van der Waals surface area (Å²) >= 11 is 13.5. The lowest BCUT2D eigenvalue weighted by Crippen LogP contribution is -2.27. The van der Waals surface area contributed by atoms with E-state index in [4.69, 9.17) is 23.2 Å². The summed E-state index contributed by atoms with van der Waals surface area (Å²) in [6.07, 6.45) is 0. The summed E-state index contributed by atoms with van der Waals surface area (Å²) in [4.78, 5) is 17.6. The number of thiazole rings is 1. The van der Waals surface area contributed by atoms with Gasteiger partial charge in [0.15, 0.2) is 5.13 Å². The first-order valence-electron chi connectivity index (χ1n) is 6.42. The van der Waals surface area contributed by atoms with Crippen molar-refractivity contribution in [1.29, 1.82) is 0 Å². The van der Waals surface area contributed by atoms with Crippen LogP contribution in [-0.2, 0) is 11.3 Å². The summed E-state index contributed by atoms with van der Waals surface area (Å²) in [6.45, 7) is 4.59. The Morgan fingerprint density at radius 2 is 2.19 bits per heavy atom. The van der Waals surface area contributed by atoms with Crippen LogP contribution in [0.25, 0.3) is 0 Å². The molecule has 0 atom stereocenters. The predicted octanol–water partition coefficient (Wildman–Crippen LogP) is 4.43. The van der Waals surface area contributed by atoms with Crippen molar-refractivity contribution in [3.8, 4) is 0 Å². The van der Waals surface area contributed by atoms with Crippen LogP contribution in [0.1, 0.15) is 19.5 Å². The van der Waals surface area contributed by atoms with Crippen molar-refractivity contribution in [3.05, 3.63) is 39.3 Å². The number of hydrogen-bond acceptors (Lipinski definition) is 4. The van der Waals surface area contributed by atoms with Crippen LogP contribution in [0.3, 0.4) is 0 Å². The summed E-state index contributed by atoms with van der Waals surface area (Å²) in [5, 5.41) is 7.05. The molecule has 7 heteroatoms. The molecule has 21 heavy (non-hydrogen) atoms. The molecule has 0 saturated carbocycles. The number of carbonyl (C=O) groups excluding carboxylic acids is 1. The van der Waals surface area contributed by atoms with Gasteiger partial charge in [0.25, 0.3) is 0 Å². The van der Waals surface area contributed by atoms with Crippen molar-refractivity contribution in [1.82, 2.24) is 4.98 Å². The molecule has 1 aromatic heterocycles. The fraction of sp³-hybridized carbons (Fsp3) is 0.286. The van der Waals surface area contributed by atoms with Crippen LogP contribution < -0.4 is 10.2 Å². The maximum absolute atomic E-state index is 11.5. The van der Waals surface area contributed by atoms with Crippen LogP contribution in [0.15, 0.2) is 23.6 Å². The molecular weight excluding hydrogens is 329 g/mol. The van der Waals surface area contributed by atoms with Gasteiger partial charge in [-0.1, -0.05) is 23.2 Å². The molecular formula is C14H15Cl2N3OS. The van der Waals surface area contributed by atoms with Gasteiger partial charge >= 0.3 is 0 Å². The quantitative estimate of drug-likeness (QED) is 0.872. The van der Waals surface area contributed by atoms with Crippen LogP contribution in [0, 0.1) is 0 Å². The van der Waals surface area contributed by atoms with Gasteiger partial charge in [0.05, 0.1) is 22.9 Å². The van der Waals surface area contributed by atoms with Crippen LogP contribution in [0.5, 0.6) is 0 Å². The Morgan fingerprint density at radius 1 is 1.43 bits per heavy atom. The number of rotatable bonds is 5. The lowest BCUT2D eigenvalue weighted by molar-refractivity contribution is -0.116. The monoisotopic (exact) mass is 343 g/mol. The van der Waals surface area contributed by atoms with Gasteiger partial charge in [-0.25, -0.2) is 4.98 Å². The van der Waals surface area contributed by atoms with Gasteiger partial charge in [-0.2, -0.15) is 0 Å². The standard InChI is InChI=1S/C14H15Cl2N3OS/c1-3-19(9(2)20)14-18-11(8-21-14)7-17-13-6-10(15)4-5-12(13)16/h4-6,8,17H,3,7H2,1-2H3. The van der Waals surface area contributed by atoms with Gasteiger partial charge in [-0.05, 0) is 25.1 Å². The molecule has 0 bridgehead atoms. The zero-order valence-corrected chi connectivity index (χ0v) is 14.0. The topological polar surface area (TPSA) is 45.2 Å². The first-order valence-corrected chi connectivity index (χ1v) is 8.06. The lowest BCUT2D eigenvalue weighted by Gasteiger charge is -2.14. The van der Waals surface area contributed by atoms with E-state index < -0.39 is 0 Å². The Morgan fingerprint density at radius 3 is 2.86 bits per heavy atom. The lowest BCUT2D eigenvalue weighted by atomic mass is 10.3. The fourth-order valence-corrected chi connectivity index (χ4v) is 3.10. The molecule has 1 aromatic carbocycles. The van der Waals surface area contributed by atoms with E-state index in [9.17, 15) is 4.79 Å². The number of benzene rings is 1. The summed E-state index contributed by atoms with van der Waals surface area (Å²) in [7, 11) is 0. The zero-order chi connectivity index (χ0) is 15.4. The van der Waals surface area contributed by atoms with Gasteiger partial charge < -0.3 is 5.32 Å². The first kappa shape index (κ1) is 16.1. The molecule has 2 rings (SSSR count). The molecule has 4 nitrogen and oxygen atoms in total. The van der Waals surface area contributed by atoms with Gasteiger partial charge in [0, 0.05) is 23.9 Å². The number of halogens is 2. The highest BCUT2D eigenvalue weighted by molar-refractivity contribution is 7.14. The van der Waals surface area contributed by atoms with Crippen LogP contribution in [0.2, 0.25) is 10.0 Å². The van der Waals surface area contributed by atoms with Gasteiger partial charge in [-0.3, -0.25) is 9.69 Å². The van der Waals surface area contributed by atoms with E-state index >= 15 is 0 Å². The fourth-order valence-electron chi connectivity index (χ4n) is 1.81. The number of hydrogen-bond donors (Lipinski definition) is 1. The summed E-state index contributed by atoms with van der Waals surface area (Å²) in [5.74, 6) is -0.00996. The SMILES string of the molecule is CCN(C(C)=O)c1nc(CNc2cc(Cl)ccc2Cl)cs1. The normalized spacial score (nSPS) is 10.5. The molecule has 0 aliphatic heterocycles. The average molecular weight is 344 g/mol. The van der Waals surface area contributed by atoms with Crippen LogP contribution in [-0.4, -0.2) is 17.4 Å². The first-order chi connectivity index (χ1) is 10.0. The molecule has 2 aromatic rings. The Bertz CT molecular complexity index is 645. The summed E-state index contributed by atoms with van der Waals surface area (Å²) in [6, 6.07) is 5.25. The van der Waals surface area contributed by atoms with E-state index in [-0.39, 0.29) is 5.91 Å². The molecule has 0 spiro atoms. The third kappa shape index (κ3) is 4.09. The maximum atomic E-state index is 11.5. The zero-order valence-electron chi connectivity index (χ0n) is 11.7. The second-order valence-electron chi connectivity index (χ2n) is 4.36. The minimum Gasteiger partial charge on any atom is -0.378 e. The molecule has 112 valence electrons. The van der Waals surface area contributed by atoms with E-state index in [1.54, 1.807) is 23.1 Å². The molecule has 0 saturated heterocycles. The van der Waals surface area contributed by atoms with Gasteiger partial charge in [-0.15, -0.1) is 11.3 Å². The molecule has 0 aliphatic carbocycles. The van der Waals surface area contributed by atoms with Crippen molar-refractivity contribution >= 4 is 51.3 Å². The third-order valence-electron chi connectivity index (χ3n) is 2.86. The molecule has 0 radical (unpaired) electrons. The number of carbonyl (C=O) groups is 1. The van der Waals surface area contributed by atoms with Crippen molar-refractivity contribution in [2.75, 3.05) is 16.8 Å². The van der Waals surface area contributed by atoms with Gasteiger partial charge in [0.1, 0.15) is 0 Å². The maximum Gasteiger partial charge on any atom is 0.225 e. The van der Waals surface area contributed by atoms with E-state index in [2.05, 4.69) is 10.3 Å². The van der Waals surface area contributed by atoms with Crippen molar-refractivity contribution < 1.29 is 4.79 Å². The predicted molar refractivity (Wildman–Crippen MR) is 89.6 cm³/mol. The van der Waals surface area contributed by atoms with Crippen LogP contribution in [0.4, 0.5) is 10.8 Å². The molecule has 0 unspecified atom stereocenters.